The van der Waals surface area contributed by atoms with Gasteiger partial charge in [-0.05, 0) is 56.0 Å². The van der Waals surface area contributed by atoms with Crippen LogP contribution in [0.2, 0.25) is 0 Å². The fourth-order valence-electron chi connectivity index (χ4n) is 2.22. The molecule has 0 amide bonds. The summed E-state index contributed by atoms with van der Waals surface area (Å²) in [6, 6.07) is 5.91. The molecule has 1 atom stereocenters. The summed E-state index contributed by atoms with van der Waals surface area (Å²) in [5.74, 6) is 0. The van der Waals surface area contributed by atoms with Crippen LogP contribution in [0.1, 0.15) is 49.8 Å². The summed E-state index contributed by atoms with van der Waals surface area (Å²) >= 11 is 3.41. The van der Waals surface area contributed by atoms with Gasteiger partial charge in [-0.1, -0.05) is 28.9 Å². The maximum absolute atomic E-state index is 12.3. The Kier molecular flexibility index (Phi) is 7.03. The van der Waals surface area contributed by atoms with Crippen LogP contribution < -0.4 is 5.32 Å². The minimum absolute atomic E-state index is 0.00889. The monoisotopic (exact) mass is 351 g/mol. The molecular formula is C15H21BrF3N. The standard InChI is InChI=1S/C15H21BrF3N/c1-3-9-20-14(5-4-8-15(17,18)19)13-7-6-12(16)10-11(13)2/h6-7,10,14,20H,3-5,8-9H2,1-2H3. The zero-order chi connectivity index (χ0) is 15.2. The van der Waals surface area contributed by atoms with Crippen LogP contribution >= 0.6 is 15.9 Å². The summed E-state index contributed by atoms with van der Waals surface area (Å²) in [5, 5.41) is 3.35. The topological polar surface area (TPSA) is 12.0 Å². The van der Waals surface area contributed by atoms with Crippen LogP contribution in [0.25, 0.3) is 0 Å². The average molecular weight is 352 g/mol. The molecule has 0 aliphatic heterocycles. The van der Waals surface area contributed by atoms with E-state index in [4.69, 9.17) is 0 Å². The Hall–Kier alpha value is -0.550. The van der Waals surface area contributed by atoms with E-state index < -0.39 is 12.6 Å². The summed E-state index contributed by atoms with van der Waals surface area (Å²) in [4.78, 5) is 0. The number of alkyl halides is 3. The third-order valence-electron chi connectivity index (χ3n) is 3.20. The Balaban J connectivity index is 2.72. The SMILES string of the molecule is CCCNC(CCCC(F)(F)F)c1ccc(Br)cc1C. The Morgan fingerprint density at radius 2 is 2.00 bits per heavy atom. The van der Waals surface area contributed by atoms with Crippen molar-refractivity contribution in [2.75, 3.05) is 6.54 Å². The van der Waals surface area contributed by atoms with Crippen molar-refractivity contribution in [3.63, 3.8) is 0 Å². The van der Waals surface area contributed by atoms with E-state index in [0.717, 1.165) is 28.6 Å². The Bertz CT molecular complexity index is 418. The maximum Gasteiger partial charge on any atom is 0.389 e. The summed E-state index contributed by atoms with van der Waals surface area (Å²) in [7, 11) is 0. The van der Waals surface area contributed by atoms with Gasteiger partial charge in [0.05, 0.1) is 0 Å². The van der Waals surface area contributed by atoms with Crippen LogP contribution in [0.3, 0.4) is 0 Å². The maximum atomic E-state index is 12.3. The van der Waals surface area contributed by atoms with Crippen LogP contribution in [0, 0.1) is 6.92 Å². The zero-order valence-electron chi connectivity index (χ0n) is 11.9. The van der Waals surface area contributed by atoms with E-state index in [-0.39, 0.29) is 12.5 Å². The van der Waals surface area contributed by atoms with Gasteiger partial charge >= 0.3 is 6.18 Å². The molecule has 1 nitrogen and oxygen atoms in total. The lowest BCUT2D eigenvalue weighted by atomic mass is 9.96. The predicted octanol–water partition coefficient (Wildman–Crippen LogP) is 5.53. The van der Waals surface area contributed by atoms with E-state index in [1.807, 2.05) is 32.0 Å². The fraction of sp³-hybridized carbons (Fsp3) is 0.600. The molecule has 114 valence electrons. The lowest BCUT2D eigenvalue weighted by Crippen LogP contribution is -2.23. The minimum atomic E-state index is -4.07. The van der Waals surface area contributed by atoms with Gasteiger partial charge in [0.2, 0.25) is 0 Å². The van der Waals surface area contributed by atoms with Gasteiger partial charge in [-0.25, -0.2) is 0 Å². The van der Waals surface area contributed by atoms with Crippen molar-refractivity contribution in [1.29, 1.82) is 0 Å². The molecular weight excluding hydrogens is 331 g/mol. The molecule has 5 heteroatoms. The largest absolute Gasteiger partial charge is 0.389 e. The van der Waals surface area contributed by atoms with Crippen LogP contribution in [0.15, 0.2) is 22.7 Å². The first-order chi connectivity index (χ1) is 9.33. The van der Waals surface area contributed by atoms with E-state index in [0.29, 0.717) is 6.42 Å². The molecule has 1 unspecified atom stereocenters. The van der Waals surface area contributed by atoms with Gasteiger partial charge in [0.1, 0.15) is 0 Å². The van der Waals surface area contributed by atoms with Gasteiger partial charge in [-0.2, -0.15) is 13.2 Å². The lowest BCUT2D eigenvalue weighted by molar-refractivity contribution is -0.135. The van der Waals surface area contributed by atoms with Crippen molar-refractivity contribution < 1.29 is 13.2 Å². The number of hydrogen-bond acceptors (Lipinski definition) is 1. The van der Waals surface area contributed by atoms with Gasteiger partial charge < -0.3 is 5.32 Å². The minimum Gasteiger partial charge on any atom is -0.310 e. The average Bonchev–Trinajstić information content (AvgIpc) is 2.33. The van der Waals surface area contributed by atoms with Crippen LogP contribution in [0.5, 0.6) is 0 Å². The Morgan fingerprint density at radius 1 is 1.30 bits per heavy atom. The molecule has 20 heavy (non-hydrogen) atoms. The molecule has 0 aromatic heterocycles. The number of nitrogens with one attached hydrogen (secondary N) is 1. The van der Waals surface area contributed by atoms with Crippen molar-refractivity contribution in [1.82, 2.24) is 5.32 Å². The quantitative estimate of drug-likeness (QED) is 0.680. The molecule has 0 aliphatic rings. The number of halogens is 4. The molecule has 0 fully saturated rings. The number of aryl methyl sites for hydroxylation is 1. The normalized spacial score (nSPS) is 13.5. The molecule has 1 aromatic rings. The number of hydrogen-bond donors (Lipinski definition) is 1. The van der Waals surface area contributed by atoms with Crippen molar-refractivity contribution in [2.24, 2.45) is 0 Å². The van der Waals surface area contributed by atoms with Crippen molar-refractivity contribution in [2.45, 2.75) is 51.7 Å². The second kappa shape index (κ2) is 8.03. The number of benzene rings is 1. The van der Waals surface area contributed by atoms with Crippen LogP contribution in [-0.2, 0) is 0 Å². The molecule has 1 aromatic carbocycles. The van der Waals surface area contributed by atoms with Gasteiger partial charge in [0.25, 0.3) is 0 Å². The molecule has 0 saturated heterocycles. The first-order valence-corrected chi connectivity index (χ1v) is 7.69. The van der Waals surface area contributed by atoms with E-state index in [1.165, 1.54) is 0 Å². The van der Waals surface area contributed by atoms with Crippen molar-refractivity contribution in [3.8, 4) is 0 Å². The fourth-order valence-corrected chi connectivity index (χ4v) is 2.70. The van der Waals surface area contributed by atoms with Gasteiger partial charge in [0, 0.05) is 16.9 Å². The second-order valence-corrected chi connectivity index (χ2v) is 5.93. The molecule has 0 spiro atoms. The van der Waals surface area contributed by atoms with Gasteiger partial charge in [-0.15, -0.1) is 0 Å². The molecule has 1 rings (SSSR count). The lowest BCUT2D eigenvalue weighted by Gasteiger charge is -2.21. The van der Waals surface area contributed by atoms with Gasteiger partial charge in [-0.3, -0.25) is 0 Å². The zero-order valence-corrected chi connectivity index (χ0v) is 13.4. The summed E-state index contributed by atoms with van der Waals surface area (Å²) < 4.78 is 37.8. The summed E-state index contributed by atoms with van der Waals surface area (Å²) in [5.41, 5.74) is 2.18. The Labute approximate surface area is 127 Å². The smallest absolute Gasteiger partial charge is 0.310 e. The first kappa shape index (κ1) is 17.5. The highest BCUT2D eigenvalue weighted by Gasteiger charge is 2.27. The third-order valence-corrected chi connectivity index (χ3v) is 3.69. The van der Waals surface area contributed by atoms with Crippen LogP contribution in [-0.4, -0.2) is 12.7 Å². The van der Waals surface area contributed by atoms with E-state index in [2.05, 4.69) is 21.2 Å². The molecule has 1 N–H and O–H groups in total. The van der Waals surface area contributed by atoms with Crippen molar-refractivity contribution in [3.05, 3.63) is 33.8 Å². The molecule has 0 aliphatic carbocycles. The van der Waals surface area contributed by atoms with E-state index in [1.54, 1.807) is 0 Å². The Morgan fingerprint density at radius 3 is 2.55 bits per heavy atom. The number of rotatable bonds is 7. The van der Waals surface area contributed by atoms with Crippen LogP contribution in [0.4, 0.5) is 13.2 Å². The van der Waals surface area contributed by atoms with Crippen molar-refractivity contribution >= 4 is 15.9 Å². The first-order valence-electron chi connectivity index (χ1n) is 6.89. The molecule has 0 radical (unpaired) electrons. The molecule has 0 bridgehead atoms. The molecule has 0 saturated carbocycles. The van der Waals surface area contributed by atoms with Gasteiger partial charge in [0.15, 0.2) is 0 Å². The second-order valence-electron chi connectivity index (χ2n) is 5.02. The van der Waals surface area contributed by atoms with E-state index >= 15 is 0 Å². The highest BCUT2D eigenvalue weighted by molar-refractivity contribution is 9.10. The highest BCUT2D eigenvalue weighted by atomic mass is 79.9. The van der Waals surface area contributed by atoms with E-state index in [9.17, 15) is 13.2 Å². The summed E-state index contributed by atoms with van der Waals surface area (Å²) in [6.07, 6.45) is -3.16. The summed E-state index contributed by atoms with van der Waals surface area (Å²) in [6.45, 7) is 4.85. The molecule has 0 heterocycles. The predicted molar refractivity (Wildman–Crippen MR) is 79.8 cm³/mol. The third kappa shape index (κ3) is 6.27. The highest BCUT2D eigenvalue weighted by Crippen LogP contribution is 2.28.